The molecular formula is C45H25N5. The highest BCUT2D eigenvalue weighted by Crippen LogP contribution is 2.42. The van der Waals surface area contributed by atoms with Gasteiger partial charge in [-0.25, -0.2) is 0 Å². The zero-order chi connectivity index (χ0) is 33.8. The maximum absolute atomic E-state index is 10.1. The highest BCUT2D eigenvalue weighted by Gasteiger charge is 2.20. The quantitative estimate of drug-likeness (QED) is 0.193. The van der Waals surface area contributed by atoms with Crippen molar-refractivity contribution in [3.8, 4) is 51.8 Å². The first-order valence-electron chi connectivity index (χ1n) is 16.3. The van der Waals surface area contributed by atoms with Crippen LogP contribution in [0.2, 0.25) is 0 Å². The Morgan fingerprint density at radius 3 is 1.80 bits per heavy atom. The van der Waals surface area contributed by atoms with E-state index in [2.05, 4.69) is 112 Å². The van der Waals surface area contributed by atoms with Gasteiger partial charge in [0.25, 0.3) is 0 Å². The second-order valence-electron chi connectivity index (χ2n) is 12.3. The highest BCUT2D eigenvalue weighted by atomic mass is 15.0. The monoisotopic (exact) mass is 635 g/mol. The number of nitrogens with zero attached hydrogens (tertiary/aromatic N) is 5. The first kappa shape index (κ1) is 28.8. The Morgan fingerprint density at radius 2 is 1.04 bits per heavy atom. The topological polar surface area (TPSA) is 81.2 Å². The van der Waals surface area contributed by atoms with Crippen molar-refractivity contribution in [2.45, 2.75) is 0 Å². The lowest BCUT2D eigenvalue weighted by atomic mass is 9.91. The third-order valence-corrected chi connectivity index (χ3v) is 9.62. The first-order valence-corrected chi connectivity index (χ1v) is 16.3. The third kappa shape index (κ3) is 4.31. The molecule has 230 valence electrons. The number of fused-ring (bicyclic) bond motifs is 6. The van der Waals surface area contributed by atoms with Crippen molar-refractivity contribution in [3.05, 3.63) is 168 Å². The number of hydrogen-bond donors (Lipinski definition) is 0. The maximum atomic E-state index is 10.1. The van der Waals surface area contributed by atoms with Gasteiger partial charge < -0.3 is 9.13 Å². The predicted octanol–water partition coefficient (Wildman–Crippen LogP) is 10.8. The lowest BCUT2D eigenvalue weighted by molar-refractivity contribution is 1.18. The molecule has 50 heavy (non-hydrogen) atoms. The molecule has 0 bridgehead atoms. The molecule has 0 saturated heterocycles. The van der Waals surface area contributed by atoms with E-state index in [1.54, 1.807) is 0 Å². The van der Waals surface area contributed by atoms with Crippen LogP contribution in [0.1, 0.15) is 16.7 Å². The van der Waals surface area contributed by atoms with Crippen molar-refractivity contribution in [2.75, 3.05) is 0 Å². The molecule has 0 N–H and O–H groups in total. The number of hydrogen-bond acceptors (Lipinski definition) is 3. The molecule has 5 heteroatoms. The normalized spacial score (nSPS) is 11.1. The molecule has 0 aliphatic carbocycles. The van der Waals surface area contributed by atoms with E-state index in [1.165, 1.54) is 10.8 Å². The SMILES string of the molecule is N#Cc1ccc(-c2cccc(-n3c4ccccc4c4ccccc43)c2)c(-c2ccccc2-n2c3ccc(C#N)cc3c3c(C#N)cccc32)c1. The molecule has 2 heterocycles. The van der Waals surface area contributed by atoms with Crippen molar-refractivity contribution >= 4 is 43.6 Å². The highest BCUT2D eigenvalue weighted by molar-refractivity contribution is 6.13. The van der Waals surface area contributed by atoms with Crippen LogP contribution in [0, 0.1) is 34.0 Å². The molecule has 0 aliphatic rings. The van der Waals surface area contributed by atoms with E-state index < -0.39 is 0 Å². The standard InChI is InChI=1S/C45H25N5/c46-26-29-19-21-34(31-9-7-11-33(25-31)49-40-15-4-1-12-35(40)36-13-2-5-16-41(36)49)38(23-29)37-14-3-6-17-42(37)50-43-22-20-30(27-47)24-39(43)45-32(28-48)10-8-18-44(45)50/h1-25H. The zero-order valence-corrected chi connectivity index (χ0v) is 26.7. The van der Waals surface area contributed by atoms with Crippen molar-refractivity contribution in [3.63, 3.8) is 0 Å². The zero-order valence-electron chi connectivity index (χ0n) is 26.7. The molecule has 9 aromatic rings. The summed E-state index contributed by atoms with van der Waals surface area (Å²) in [5, 5.41) is 34.0. The summed E-state index contributed by atoms with van der Waals surface area (Å²) in [7, 11) is 0. The largest absolute Gasteiger partial charge is 0.309 e. The second kappa shape index (κ2) is 11.4. The average molecular weight is 636 g/mol. The van der Waals surface area contributed by atoms with Crippen molar-refractivity contribution < 1.29 is 0 Å². The molecule has 0 amide bonds. The minimum atomic E-state index is 0.532. The van der Waals surface area contributed by atoms with E-state index in [-0.39, 0.29) is 0 Å². The van der Waals surface area contributed by atoms with Gasteiger partial charge in [0.2, 0.25) is 0 Å². The summed E-state index contributed by atoms with van der Waals surface area (Å²) in [5.74, 6) is 0. The Kier molecular flexibility index (Phi) is 6.56. The molecule has 2 aromatic heterocycles. The lowest BCUT2D eigenvalue weighted by Crippen LogP contribution is -1.99. The average Bonchev–Trinajstić information content (AvgIpc) is 3.70. The fraction of sp³-hybridized carbons (Fsp3) is 0. The fourth-order valence-electron chi connectivity index (χ4n) is 7.49. The third-order valence-electron chi connectivity index (χ3n) is 9.62. The summed E-state index contributed by atoms with van der Waals surface area (Å²) in [4.78, 5) is 0. The molecule has 0 unspecified atom stereocenters. The van der Waals surface area contributed by atoms with Crippen LogP contribution in [0.25, 0.3) is 77.2 Å². The molecule has 5 nitrogen and oxygen atoms in total. The van der Waals surface area contributed by atoms with Gasteiger partial charge in [0.15, 0.2) is 0 Å². The van der Waals surface area contributed by atoms with Crippen LogP contribution in [0.4, 0.5) is 0 Å². The smallest absolute Gasteiger partial charge is 0.0998 e. The minimum Gasteiger partial charge on any atom is -0.309 e. The number of aromatic nitrogens is 2. The van der Waals surface area contributed by atoms with E-state index in [1.807, 2.05) is 66.7 Å². The molecular weight excluding hydrogens is 611 g/mol. The fourth-order valence-corrected chi connectivity index (χ4v) is 7.49. The van der Waals surface area contributed by atoms with E-state index in [4.69, 9.17) is 0 Å². The molecule has 0 spiro atoms. The van der Waals surface area contributed by atoms with Gasteiger partial charge >= 0.3 is 0 Å². The van der Waals surface area contributed by atoms with Crippen molar-refractivity contribution in [2.24, 2.45) is 0 Å². The van der Waals surface area contributed by atoms with Gasteiger partial charge in [0.1, 0.15) is 0 Å². The Labute approximate surface area is 287 Å². The van der Waals surface area contributed by atoms with Crippen molar-refractivity contribution in [1.82, 2.24) is 9.13 Å². The molecule has 0 aliphatic heterocycles. The van der Waals surface area contributed by atoms with Crippen LogP contribution in [-0.4, -0.2) is 9.13 Å². The number of rotatable bonds is 4. The maximum Gasteiger partial charge on any atom is 0.0998 e. The van der Waals surface area contributed by atoms with Crippen molar-refractivity contribution in [1.29, 1.82) is 15.8 Å². The van der Waals surface area contributed by atoms with E-state index >= 15 is 0 Å². The summed E-state index contributed by atoms with van der Waals surface area (Å²) in [5.41, 5.74) is 11.5. The molecule has 7 aromatic carbocycles. The minimum absolute atomic E-state index is 0.532. The summed E-state index contributed by atoms with van der Waals surface area (Å²) >= 11 is 0. The van der Waals surface area contributed by atoms with Crippen LogP contribution < -0.4 is 0 Å². The molecule has 9 rings (SSSR count). The predicted molar refractivity (Wildman–Crippen MR) is 200 cm³/mol. The molecule has 0 fully saturated rings. The Hall–Kier alpha value is -7.39. The summed E-state index contributed by atoms with van der Waals surface area (Å²) in [6, 6.07) is 57.9. The van der Waals surface area contributed by atoms with Gasteiger partial charge in [0.05, 0.1) is 62.7 Å². The van der Waals surface area contributed by atoms with Crippen LogP contribution in [0.5, 0.6) is 0 Å². The second-order valence-corrected chi connectivity index (χ2v) is 12.3. The van der Waals surface area contributed by atoms with E-state index in [0.29, 0.717) is 16.7 Å². The molecule has 0 radical (unpaired) electrons. The van der Waals surface area contributed by atoms with Gasteiger partial charge in [-0.15, -0.1) is 0 Å². The summed E-state index contributed by atoms with van der Waals surface area (Å²) in [6.45, 7) is 0. The van der Waals surface area contributed by atoms with Crippen LogP contribution in [-0.2, 0) is 0 Å². The van der Waals surface area contributed by atoms with E-state index in [9.17, 15) is 15.8 Å². The van der Waals surface area contributed by atoms with E-state index in [0.717, 1.165) is 66.5 Å². The Bertz CT molecular complexity index is 2920. The van der Waals surface area contributed by atoms with Gasteiger partial charge in [-0.2, -0.15) is 15.8 Å². The summed E-state index contributed by atoms with van der Waals surface area (Å²) < 4.78 is 4.48. The molecule has 0 atom stereocenters. The first-order chi connectivity index (χ1) is 24.7. The number of para-hydroxylation sites is 3. The van der Waals surface area contributed by atoms with Crippen LogP contribution in [0.3, 0.4) is 0 Å². The summed E-state index contributed by atoms with van der Waals surface area (Å²) in [6.07, 6.45) is 0. The van der Waals surface area contributed by atoms with Crippen LogP contribution in [0.15, 0.2) is 152 Å². The van der Waals surface area contributed by atoms with Gasteiger partial charge in [0, 0.05) is 32.8 Å². The number of nitriles is 3. The van der Waals surface area contributed by atoms with Crippen LogP contribution >= 0.6 is 0 Å². The Morgan fingerprint density at radius 1 is 0.400 bits per heavy atom. The van der Waals surface area contributed by atoms with Gasteiger partial charge in [-0.3, -0.25) is 0 Å². The number of benzene rings is 7. The Balaban J connectivity index is 1.30. The van der Waals surface area contributed by atoms with Gasteiger partial charge in [-0.05, 0) is 89.5 Å². The lowest BCUT2D eigenvalue weighted by Gasteiger charge is -2.18. The molecule has 0 saturated carbocycles. The van der Waals surface area contributed by atoms with Gasteiger partial charge in [-0.1, -0.05) is 78.9 Å².